The van der Waals surface area contributed by atoms with Crippen molar-refractivity contribution < 1.29 is 19.8 Å². The Balaban J connectivity index is 0. The molecule has 0 spiro atoms. The molecule has 1 rings (SSSR count). The summed E-state index contributed by atoms with van der Waals surface area (Å²) in [5, 5.41) is 17.0. The average molecular weight is 220 g/mol. The molecule has 6 heteroatoms. The van der Waals surface area contributed by atoms with E-state index in [-0.39, 0.29) is 12.9 Å². The van der Waals surface area contributed by atoms with Gasteiger partial charge < -0.3 is 15.5 Å². The van der Waals surface area contributed by atoms with Crippen molar-refractivity contribution in [3.8, 4) is 0 Å². The van der Waals surface area contributed by atoms with Crippen LogP contribution < -0.4 is 5.32 Å². The second kappa shape index (κ2) is 12.9. The van der Waals surface area contributed by atoms with E-state index in [1.807, 2.05) is 0 Å². The summed E-state index contributed by atoms with van der Waals surface area (Å²) in [6.07, 6.45) is 0. The maximum absolute atomic E-state index is 8.36. The Morgan fingerprint density at radius 1 is 1.20 bits per heavy atom. The molecule has 1 fully saturated rings. The zero-order valence-electron chi connectivity index (χ0n) is 9.22. The Morgan fingerprint density at radius 2 is 1.53 bits per heavy atom. The third-order valence-electron chi connectivity index (χ3n) is 2.09. The van der Waals surface area contributed by atoms with Crippen LogP contribution in [-0.4, -0.2) is 60.3 Å². The number of carbonyl (C=O) groups is 2. The van der Waals surface area contributed by atoms with Crippen molar-refractivity contribution in [2.24, 2.45) is 0 Å². The first kappa shape index (κ1) is 16.3. The van der Waals surface area contributed by atoms with Crippen molar-refractivity contribution in [3.05, 3.63) is 0 Å². The van der Waals surface area contributed by atoms with E-state index >= 15 is 0 Å². The molecule has 3 N–H and O–H groups in total. The third-order valence-corrected chi connectivity index (χ3v) is 2.09. The molecule has 1 saturated heterocycles. The summed E-state index contributed by atoms with van der Waals surface area (Å²) in [4.78, 5) is 19.2. The van der Waals surface area contributed by atoms with Gasteiger partial charge in [0.25, 0.3) is 12.9 Å². The first-order valence-electron chi connectivity index (χ1n) is 4.82. The lowest BCUT2D eigenvalue weighted by Gasteiger charge is -2.36. The number of nitrogens with zero attached hydrogens (tertiary/aromatic N) is 1. The van der Waals surface area contributed by atoms with Crippen LogP contribution in [0, 0.1) is 0 Å². The Hall–Kier alpha value is -1.14. The summed E-state index contributed by atoms with van der Waals surface area (Å²) in [5.41, 5.74) is 0. The number of hydrogen-bond acceptors (Lipinski definition) is 4. The average Bonchev–Trinajstić information content (AvgIpc) is 2.13. The van der Waals surface area contributed by atoms with Crippen molar-refractivity contribution in [1.82, 2.24) is 10.2 Å². The van der Waals surface area contributed by atoms with Gasteiger partial charge in [0, 0.05) is 19.1 Å². The number of rotatable bonds is 3. The minimum absolute atomic E-state index is 0.250. The van der Waals surface area contributed by atoms with Crippen molar-refractivity contribution in [3.63, 3.8) is 0 Å². The van der Waals surface area contributed by atoms with Crippen LogP contribution in [0.3, 0.4) is 0 Å². The van der Waals surface area contributed by atoms with Gasteiger partial charge in [-0.2, -0.15) is 0 Å². The monoisotopic (exact) mass is 220 g/mol. The van der Waals surface area contributed by atoms with Gasteiger partial charge in [-0.3, -0.25) is 14.5 Å². The third kappa shape index (κ3) is 9.17. The maximum atomic E-state index is 8.36. The zero-order chi connectivity index (χ0) is 12.1. The number of likely N-dealkylation sites (N-methyl/N-ethyl adjacent to an activating group) is 1. The highest BCUT2D eigenvalue weighted by atomic mass is 16.3. The highest BCUT2D eigenvalue weighted by Crippen LogP contribution is 2.02. The number of hydrogen-bond donors (Lipinski definition) is 3. The largest absolute Gasteiger partial charge is 0.483 e. The standard InChI is InChI=1S/C7H16N2.2CH2O2/c1-3-9(4-2)7-5-8-6-7;2*2-1-3/h7-8H,3-6H2,1-2H3;2*1H,(H,2,3). The molecule has 0 bridgehead atoms. The molecule has 0 aromatic rings. The van der Waals surface area contributed by atoms with Gasteiger partial charge in [-0.25, -0.2) is 0 Å². The van der Waals surface area contributed by atoms with Crippen LogP contribution >= 0.6 is 0 Å². The van der Waals surface area contributed by atoms with E-state index in [0.717, 1.165) is 6.04 Å². The van der Waals surface area contributed by atoms with Crippen molar-refractivity contribution in [2.45, 2.75) is 19.9 Å². The summed E-state index contributed by atoms with van der Waals surface area (Å²) in [7, 11) is 0. The van der Waals surface area contributed by atoms with Crippen LogP contribution in [0.25, 0.3) is 0 Å². The Kier molecular flexibility index (Phi) is 14.0. The molecule has 0 radical (unpaired) electrons. The predicted molar refractivity (Wildman–Crippen MR) is 57.0 cm³/mol. The van der Waals surface area contributed by atoms with Gasteiger partial charge in [-0.1, -0.05) is 13.8 Å². The molecule has 0 aromatic heterocycles. The van der Waals surface area contributed by atoms with Gasteiger partial charge in [0.15, 0.2) is 0 Å². The van der Waals surface area contributed by atoms with E-state index in [1.54, 1.807) is 0 Å². The fourth-order valence-electron chi connectivity index (χ4n) is 1.27. The van der Waals surface area contributed by atoms with E-state index in [2.05, 4.69) is 24.1 Å². The second-order valence-electron chi connectivity index (χ2n) is 2.74. The molecule has 1 heterocycles. The van der Waals surface area contributed by atoms with Gasteiger partial charge in [-0.05, 0) is 13.1 Å². The van der Waals surface area contributed by atoms with Gasteiger partial charge >= 0.3 is 0 Å². The highest BCUT2D eigenvalue weighted by Gasteiger charge is 2.21. The molecule has 0 aliphatic carbocycles. The number of nitrogens with one attached hydrogen (secondary N) is 1. The van der Waals surface area contributed by atoms with E-state index in [4.69, 9.17) is 19.8 Å². The topological polar surface area (TPSA) is 89.9 Å². The van der Waals surface area contributed by atoms with E-state index < -0.39 is 0 Å². The van der Waals surface area contributed by atoms with Gasteiger partial charge in [-0.15, -0.1) is 0 Å². The molecule has 0 aromatic carbocycles. The first-order chi connectivity index (χ1) is 7.21. The van der Waals surface area contributed by atoms with Crippen LogP contribution in [-0.2, 0) is 9.59 Å². The fourth-order valence-corrected chi connectivity index (χ4v) is 1.27. The van der Waals surface area contributed by atoms with Crippen molar-refractivity contribution in [2.75, 3.05) is 26.2 Å². The molecule has 1 aliphatic heterocycles. The Morgan fingerprint density at radius 3 is 1.60 bits per heavy atom. The fraction of sp³-hybridized carbons (Fsp3) is 0.778. The Labute approximate surface area is 89.9 Å². The van der Waals surface area contributed by atoms with Crippen LogP contribution in [0.15, 0.2) is 0 Å². The summed E-state index contributed by atoms with van der Waals surface area (Å²) >= 11 is 0. The minimum Gasteiger partial charge on any atom is -0.483 e. The SMILES string of the molecule is CCN(CC)C1CNC1.O=CO.O=CO. The highest BCUT2D eigenvalue weighted by molar-refractivity contribution is 5.33. The molecule has 0 amide bonds. The molecule has 0 atom stereocenters. The smallest absolute Gasteiger partial charge is 0.290 e. The van der Waals surface area contributed by atoms with Gasteiger partial charge in [0.05, 0.1) is 0 Å². The van der Waals surface area contributed by atoms with E-state index in [0.29, 0.717) is 0 Å². The lowest BCUT2D eigenvalue weighted by atomic mass is 10.1. The van der Waals surface area contributed by atoms with E-state index in [1.165, 1.54) is 26.2 Å². The van der Waals surface area contributed by atoms with Crippen molar-refractivity contribution in [1.29, 1.82) is 0 Å². The molecular formula is C9H20N2O4. The van der Waals surface area contributed by atoms with Crippen LogP contribution in [0.5, 0.6) is 0 Å². The van der Waals surface area contributed by atoms with Crippen LogP contribution in [0.4, 0.5) is 0 Å². The summed E-state index contributed by atoms with van der Waals surface area (Å²) in [6.45, 7) is 8.73. The lowest BCUT2D eigenvalue weighted by Crippen LogP contribution is -2.56. The predicted octanol–water partition coefficient (Wildman–Crippen LogP) is -0.298. The molecule has 1 aliphatic rings. The molecule has 0 unspecified atom stereocenters. The molecule has 6 nitrogen and oxygen atoms in total. The van der Waals surface area contributed by atoms with Crippen LogP contribution in [0.1, 0.15) is 13.8 Å². The number of carboxylic acid groups (broad SMARTS) is 2. The van der Waals surface area contributed by atoms with E-state index in [9.17, 15) is 0 Å². The quantitative estimate of drug-likeness (QED) is 0.566. The lowest BCUT2D eigenvalue weighted by molar-refractivity contribution is -0.123. The summed E-state index contributed by atoms with van der Waals surface area (Å²) < 4.78 is 0. The normalized spacial score (nSPS) is 13.8. The summed E-state index contributed by atoms with van der Waals surface area (Å²) in [6, 6.07) is 0.833. The first-order valence-corrected chi connectivity index (χ1v) is 4.82. The van der Waals surface area contributed by atoms with Crippen molar-refractivity contribution >= 4 is 12.9 Å². The van der Waals surface area contributed by atoms with Crippen LogP contribution in [0.2, 0.25) is 0 Å². The van der Waals surface area contributed by atoms with Gasteiger partial charge in [0.1, 0.15) is 0 Å². The minimum atomic E-state index is -0.250. The molecule has 0 saturated carbocycles. The second-order valence-corrected chi connectivity index (χ2v) is 2.74. The zero-order valence-corrected chi connectivity index (χ0v) is 9.22. The molecule has 90 valence electrons. The molecule has 15 heavy (non-hydrogen) atoms. The maximum Gasteiger partial charge on any atom is 0.290 e. The molecular weight excluding hydrogens is 200 g/mol. The summed E-state index contributed by atoms with van der Waals surface area (Å²) in [5.74, 6) is 0. The van der Waals surface area contributed by atoms with Gasteiger partial charge in [0.2, 0.25) is 0 Å². The Bertz CT molecular complexity index is 141.